The lowest BCUT2D eigenvalue weighted by Crippen LogP contribution is -2.10. The molecule has 0 saturated heterocycles. The van der Waals surface area contributed by atoms with E-state index in [1.54, 1.807) is 0 Å². The monoisotopic (exact) mass is 255 g/mol. The van der Waals surface area contributed by atoms with Gasteiger partial charge in [0.15, 0.2) is 0 Å². The Bertz CT molecular complexity index is 521. The van der Waals surface area contributed by atoms with Crippen LogP contribution in [0.5, 0.6) is 0 Å². The average Bonchev–Trinajstić information content (AvgIpc) is 2.39. The average molecular weight is 255 g/mol. The minimum Gasteiger partial charge on any atom is -0.369 e. The van der Waals surface area contributed by atoms with Crippen LogP contribution >= 0.6 is 0 Å². The zero-order chi connectivity index (χ0) is 13.9. The summed E-state index contributed by atoms with van der Waals surface area (Å²) in [5, 5.41) is 11.5. The van der Waals surface area contributed by atoms with E-state index in [-0.39, 0.29) is 5.41 Å². The maximum absolute atomic E-state index is 4.25. The summed E-state index contributed by atoms with van der Waals surface area (Å²) in [4.78, 5) is 0. The first kappa shape index (κ1) is 13.5. The molecule has 100 valence electrons. The molecule has 0 atom stereocenters. The highest BCUT2D eigenvalue weighted by molar-refractivity contribution is 5.60. The molecular formula is C16H21N3. The Balaban J connectivity index is 2.22. The fraction of sp³-hybridized carbons (Fsp3) is 0.375. The number of hydrogen-bond acceptors (Lipinski definition) is 3. The third-order valence-corrected chi connectivity index (χ3v) is 3.07. The predicted molar refractivity (Wildman–Crippen MR) is 80.3 cm³/mol. The molecule has 1 aromatic carbocycles. The third-order valence-electron chi connectivity index (χ3n) is 3.07. The van der Waals surface area contributed by atoms with Crippen molar-refractivity contribution in [2.24, 2.45) is 0 Å². The maximum Gasteiger partial charge on any atom is 0.148 e. The quantitative estimate of drug-likeness (QED) is 0.904. The van der Waals surface area contributed by atoms with Gasteiger partial charge in [-0.15, -0.1) is 10.2 Å². The number of nitrogens with one attached hydrogen (secondary N) is 1. The lowest BCUT2D eigenvalue weighted by atomic mass is 9.86. The van der Waals surface area contributed by atoms with Gasteiger partial charge >= 0.3 is 0 Å². The molecule has 2 rings (SSSR count). The van der Waals surface area contributed by atoms with Crippen molar-refractivity contribution in [1.82, 2.24) is 10.2 Å². The Hall–Kier alpha value is -1.90. The van der Waals surface area contributed by atoms with Crippen LogP contribution in [0.25, 0.3) is 11.3 Å². The summed E-state index contributed by atoms with van der Waals surface area (Å²) in [6, 6.07) is 12.5. The first-order valence-corrected chi connectivity index (χ1v) is 6.69. The number of nitrogens with zero attached hydrogens (tertiary/aromatic N) is 2. The van der Waals surface area contributed by atoms with Crippen LogP contribution < -0.4 is 5.32 Å². The van der Waals surface area contributed by atoms with Crippen molar-refractivity contribution in [1.29, 1.82) is 0 Å². The topological polar surface area (TPSA) is 37.8 Å². The molecule has 0 aliphatic carbocycles. The van der Waals surface area contributed by atoms with Crippen LogP contribution in [0.3, 0.4) is 0 Å². The molecule has 1 aromatic heterocycles. The van der Waals surface area contributed by atoms with E-state index in [0.717, 1.165) is 23.6 Å². The molecule has 0 spiro atoms. The zero-order valence-electron chi connectivity index (χ0n) is 12.1. The molecule has 0 unspecified atom stereocenters. The second-order valence-corrected chi connectivity index (χ2v) is 5.66. The maximum atomic E-state index is 4.25. The van der Waals surface area contributed by atoms with Crippen LogP contribution in [0.1, 0.15) is 33.3 Å². The molecule has 1 heterocycles. The Morgan fingerprint density at radius 3 is 2.11 bits per heavy atom. The van der Waals surface area contributed by atoms with E-state index in [2.05, 4.69) is 60.6 Å². The Morgan fingerprint density at radius 1 is 0.947 bits per heavy atom. The summed E-state index contributed by atoms with van der Waals surface area (Å²) in [6.07, 6.45) is 0. The highest BCUT2D eigenvalue weighted by atomic mass is 15.2. The van der Waals surface area contributed by atoms with Gasteiger partial charge in [-0.25, -0.2) is 0 Å². The van der Waals surface area contributed by atoms with Crippen molar-refractivity contribution in [3.63, 3.8) is 0 Å². The van der Waals surface area contributed by atoms with Crippen molar-refractivity contribution in [2.75, 3.05) is 11.9 Å². The lowest BCUT2D eigenvalue weighted by molar-refractivity contribution is 0.590. The van der Waals surface area contributed by atoms with Gasteiger partial charge in [0, 0.05) is 12.1 Å². The molecule has 3 nitrogen and oxygen atoms in total. The Morgan fingerprint density at radius 2 is 1.63 bits per heavy atom. The van der Waals surface area contributed by atoms with Gasteiger partial charge in [-0.2, -0.15) is 0 Å². The van der Waals surface area contributed by atoms with Gasteiger partial charge in [0.2, 0.25) is 0 Å². The van der Waals surface area contributed by atoms with Gasteiger partial charge in [-0.3, -0.25) is 0 Å². The Labute approximate surface area is 115 Å². The number of aromatic nitrogens is 2. The van der Waals surface area contributed by atoms with Crippen molar-refractivity contribution < 1.29 is 0 Å². The molecule has 0 amide bonds. The summed E-state index contributed by atoms with van der Waals surface area (Å²) in [5.74, 6) is 0.817. The predicted octanol–water partition coefficient (Wildman–Crippen LogP) is 3.87. The van der Waals surface area contributed by atoms with Gasteiger partial charge in [-0.05, 0) is 30.0 Å². The van der Waals surface area contributed by atoms with Gasteiger partial charge < -0.3 is 5.32 Å². The summed E-state index contributed by atoms with van der Waals surface area (Å²) in [5.41, 5.74) is 3.51. The van der Waals surface area contributed by atoms with E-state index in [1.165, 1.54) is 5.56 Å². The third kappa shape index (κ3) is 3.31. The van der Waals surface area contributed by atoms with Crippen LogP contribution in [-0.4, -0.2) is 16.7 Å². The normalized spacial score (nSPS) is 11.4. The largest absolute Gasteiger partial charge is 0.369 e. The summed E-state index contributed by atoms with van der Waals surface area (Å²) in [7, 11) is 0. The van der Waals surface area contributed by atoms with Crippen molar-refractivity contribution in [2.45, 2.75) is 33.1 Å². The van der Waals surface area contributed by atoms with Crippen LogP contribution in [0.4, 0.5) is 5.82 Å². The highest BCUT2D eigenvalue weighted by Crippen LogP contribution is 2.25. The van der Waals surface area contributed by atoms with Gasteiger partial charge in [0.25, 0.3) is 0 Å². The van der Waals surface area contributed by atoms with Crippen LogP contribution in [-0.2, 0) is 5.41 Å². The zero-order valence-corrected chi connectivity index (χ0v) is 12.1. The van der Waals surface area contributed by atoms with Gasteiger partial charge in [0.1, 0.15) is 5.82 Å². The van der Waals surface area contributed by atoms with E-state index in [0.29, 0.717) is 0 Å². The smallest absolute Gasteiger partial charge is 0.148 e. The summed E-state index contributed by atoms with van der Waals surface area (Å²) >= 11 is 0. The highest BCUT2D eigenvalue weighted by Gasteiger charge is 2.13. The summed E-state index contributed by atoms with van der Waals surface area (Å²) in [6.45, 7) is 9.54. The van der Waals surface area contributed by atoms with Crippen LogP contribution in [0.15, 0.2) is 36.4 Å². The second-order valence-electron chi connectivity index (χ2n) is 5.66. The summed E-state index contributed by atoms with van der Waals surface area (Å²) < 4.78 is 0. The van der Waals surface area contributed by atoms with Crippen molar-refractivity contribution >= 4 is 5.82 Å². The van der Waals surface area contributed by atoms with Gasteiger partial charge in [0.05, 0.1) is 5.69 Å². The molecule has 0 radical (unpaired) electrons. The molecule has 0 bridgehead atoms. The Kier molecular flexibility index (Phi) is 3.84. The second kappa shape index (κ2) is 5.39. The number of rotatable bonds is 3. The number of hydrogen-bond donors (Lipinski definition) is 1. The molecule has 2 aromatic rings. The fourth-order valence-corrected chi connectivity index (χ4v) is 1.90. The first-order valence-electron chi connectivity index (χ1n) is 6.69. The van der Waals surface area contributed by atoms with E-state index < -0.39 is 0 Å². The molecule has 3 heteroatoms. The van der Waals surface area contributed by atoms with E-state index in [4.69, 9.17) is 0 Å². The van der Waals surface area contributed by atoms with Crippen molar-refractivity contribution in [3.05, 3.63) is 42.0 Å². The lowest BCUT2D eigenvalue weighted by Gasteiger charge is -2.19. The standard InChI is InChI=1S/C16H21N3/c1-5-17-15-11-10-14(18-19-15)12-6-8-13(9-7-12)16(2,3)4/h6-11H,5H2,1-4H3,(H,17,19). The molecule has 0 aliphatic heterocycles. The first-order chi connectivity index (χ1) is 9.00. The number of anilines is 1. The van der Waals surface area contributed by atoms with Crippen LogP contribution in [0.2, 0.25) is 0 Å². The van der Waals surface area contributed by atoms with Crippen LogP contribution in [0, 0.1) is 0 Å². The van der Waals surface area contributed by atoms with E-state index >= 15 is 0 Å². The molecular weight excluding hydrogens is 234 g/mol. The van der Waals surface area contributed by atoms with E-state index in [9.17, 15) is 0 Å². The fourth-order valence-electron chi connectivity index (χ4n) is 1.90. The molecule has 19 heavy (non-hydrogen) atoms. The minimum atomic E-state index is 0.180. The SMILES string of the molecule is CCNc1ccc(-c2ccc(C(C)(C)C)cc2)nn1. The molecule has 0 fully saturated rings. The van der Waals surface area contributed by atoms with E-state index in [1.807, 2.05) is 19.1 Å². The minimum absolute atomic E-state index is 0.180. The van der Waals surface area contributed by atoms with Crippen molar-refractivity contribution in [3.8, 4) is 11.3 Å². The van der Waals surface area contributed by atoms with Gasteiger partial charge in [-0.1, -0.05) is 45.0 Å². The molecule has 0 saturated carbocycles. The molecule has 1 N–H and O–H groups in total. The molecule has 0 aliphatic rings. The number of benzene rings is 1.